The molecule has 1 aliphatic heterocycles. The summed E-state index contributed by atoms with van der Waals surface area (Å²) in [6.45, 7) is 1.86. The lowest BCUT2D eigenvalue weighted by Gasteiger charge is -2.14. The molecule has 1 fully saturated rings. The summed E-state index contributed by atoms with van der Waals surface area (Å²) < 4.78 is 0. The van der Waals surface area contributed by atoms with E-state index < -0.39 is 0 Å². The number of nitrogens with zero attached hydrogens (tertiary/aromatic N) is 1. The largest absolute Gasteiger partial charge is 0.356 e. The van der Waals surface area contributed by atoms with Crippen molar-refractivity contribution in [3.8, 4) is 0 Å². The van der Waals surface area contributed by atoms with Crippen LogP contribution in [0.3, 0.4) is 0 Å². The van der Waals surface area contributed by atoms with Crippen LogP contribution in [0.1, 0.15) is 18.4 Å². The van der Waals surface area contributed by atoms with Crippen molar-refractivity contribution >= 4 is 53.3 Å². The first-order chi connectivity index (χ1) is 9.78. The topological polar surface area (TPSA) is 36.4 Å². The Morgan fingerprint density at radius 2 is 2.29 bits per heavy atom. The first-order valence-electron chi connectivity index (χ1n) is 7.08. The number of guanidine groups is 1. The third kappa shape index (κ3) is 7.10. The van der Waals surface area contributed by atoms with E-state index in [1.807, 2.05) is 25.2 Å². The van der Waals surface area contributed by atoms with Crippen LogP contribution >= 0.6 is 47.3 Å². The van der Waals surface area contributed by atoms with E-state index >= 15 is 0 Å². The lowest BCUT2D eigenvalue weighted by molar-refractivity contribution is 0.724. The van der Waals surface area contributed by atoms with E-state index in [1.165, 1.54) is 24.2 Å². The zero-order valence-electron chi connectivity index (χ0n) is 12.3. The van der Waals surface area contributed by atoms with Crippen LogP contribution in [0.4, 0.5) is 0 Å². The summed E-state index contributed by atoms with van der Waals surface area (Å²) in [6.07, 6.45) is 3.61. The standard InChI is InChI=1S/C15H22ClN3S.HI/c1-17-15(19-11-14-6-3-9-20-14)18-8-7-12-4-2-5-13(16)10-12;/h2,4-5,10,14H,3,6-9,11H2,1H3,(H2,17,18,19);1H. The molecule has 3 nitrogen and oxygen atoms in total. The average molecular weight is 440 g/mol. The Morgan fingerprint density at radius 3 is 2.95 bits per heavy atom. The Bertz CT molecular complexity index is 450. The van der Waals surface area contributed by atoms with Crippen LogP contribution in [0.5, 0.6) is 0 Å². The predicted molar refractivity (Wildman–Crippen MR) is 105 cm³/mol. The van der Waals surface area contributed by atoms with E-state index in [2.05, 4.69) is 33.5 Å². The number of aliphatic imine (C=N–C) groups is 1. The molecule has 0 saturated carbocycles. The van der Waals surface area contributed by atoms with E-state index in [0.29, 0.717) is 0 Å². The highest BCUT2D eigenvalue weighted by Gasteiger charge is 2.15. The maximum absolute atomic E-state index is 5.98. The van der Waals surface area contributed by atoms with Gasteiger partial charge >= 0.3 is 0 Å². The first kappa shape index (κ1) is 18.9. The van der Waals surface area contributed by atoms with Crippen molar-refractivity contribution < 1.29 is 0 Å². The predicted octanol–water partition coefficient (Wildman–Crippen LogP) is 3.56. The maximum atomic E-state index is 5.98. The smallest absolute Gasteiger partial charge is 0.191 e. The summed E-state index contributed by atoms with van der Waals surface area (Å²) in [4.78, 5) is 4.26. The van der Waals surface area contributed by atoms with Crippen molar-refractivity contribution in [2.75, 3.05) is 25.9 Å². The Hall–Kier alpha value is -0.140. The van der Waals surface area contributed by atoms with E-state index in [4.69, 9.17) is 11.6 Å². The third-order valence-corrected chi connectivity index (χ3v) is 4.97. The normalized spacial score (nSPS) is 18.2. The van der Waals surface area contributed by atoms with Gasteiger partial charge in [0.2, 0.25) is 0 Å². The molecule has 1 saturated heterocycles. The number of thioether (sulfide) groups is 1. The monoisotopic (exact) mass is 439 g/mol. The number of hydrogen-bond acceptors (Lipinski definition) is 2. The SMILES string of the molecule is CN=C(NCCc1cccc(Cl)c1)NCC1CCCS1.I. The fourth-order valence-electron chi connectivity index (χ4n) is 2.25. The molecule has 6 heteroatoms. The van der Waals surface area contributed by atoms with Gasteiger partial charge in [-0.15, -0.1) is 24.0 Å². The van der Waals surface area contributed by atoms with Crippen molar-refractivity contribution in [2.45, 2.75) is 24.5 Å². The van der Waals surface area contributed by atoms with Gasteiger partial charge in [0.25, 0.3) is 0 Å². The number of rotatable bonds is 5. The van der Waals surface area contributed by atoms with Crippen molar-refractivity contribution in [1.29, 1.82) is 0 Å². The Labute approximate surface area is 153 Å². The second kappa shape index (κ2) is 10.6. The minimum absolute atomic E-state index is 0. The lowest BCUT2D eigenvalue weighted by Crippen LogP contribution is -2.40. The zero-order chi connectivity index (χ0) is 14.2. The zero-order valence-corrected chi connectivity index (χ0v) is 16.2. The number of benzene rings is 1. The molecule has 1 aromatic carbocycles. The van der Waals surface area contributed by atoms with Gasteiger partial charge in [-0.05, 0) is 42.7 Å². The summed E-state index contributed by atoms with van der Waals surface area (Å²) in [5.41, 5.74) is 1.24. The minimum Gasteiger partial charge on any atom is -0.356 e. The molecule has 1 heterocycles. The summed E-state index contributed by atoms with van der Waals surface area (Å²) in [7, 11) is 1.82. The molecule has 0 amide bonds. The van der Waals surface area contributed by atoms with Crippen LogP contribution in [0.25, 0.3) is 0 Å². The Kier molecular flexibility index (Phi) is 9.51. The molecule has 1 aliphatic rings. The van der Waals surface area contributed by atoms with Crippen molar-refractivity contribution in [2.24, 2.45) is 4.99 Å². The highest BCUT2D eigenvalue weighted by atomic mass is 127. The summed E-state index contributed by atoms with van der Waals surface area (Å²) in [6, 6.07) is 7.99. The van der Waals surface area contributed by atoms with Gasteiger partial charge in [0.1, 0.15) is 0 Å². The van der Waals surface area contributed by atoms with Crippen LogP contribution in [0, 0.1) is 0 Å². The van der Waals surface area contributed by atoms with Crippen molar-refractivity contribution in [3.63, 3.8) is 0 Å². The molecule has 118 valence electrons. The van der Waals surface area contributed by atoms with E-state index in [1.54, 1.807) is 0 Å². The fourth-order valence-corrected chi connectivity index (χ4v) is 3.67. The highest BCUT2D eigenvalue weighted by Crippen LogP contribution is 2.25. The van der Waals surface area contributed by atoms with Crippen LogP contribution in [-0.2, 0) is 6.42 Å². The molecule has 1 unspecified atom stereocenters. The number of halogens is 2. The van der Waals surface area contributed by atoms with Gasteiger partial charge in [-0.2, -0.15) is 11.8 Å². The molecule has 2 N–H and O–H groups in total. The van der Waals surface area contributed by atoms with Crippen molar-refractivity contribution in [3.05, 3.63) is 34.9 Å². The van der Waals surface area contributed by atoms with Crippen LogP contribution in [0.15, 0.2) is 29.3 Å². The molecule has 0 aliphatic carbocycles. The molecular formula is C15H23ClIN3S. The minimum atomic E-state index is 0. The summed E-state index contributed by atoms with van der Waals surface area (Å²) in [5.74, 6) is 2.19. The molecule has 0 bridgehead atoms. The quantitative estimate of drug-likeness (QED) is 0.418. The van der Waals surface area contributed by atoms with Gasteiger partial charge in [-0.1, -0.05) is 23.7 Å². The van der Waals surface area contributed by atoms with Gasteiger partial charge in [-0.25, -0.2) is 0 Å². The van der Waals surface area contributed by atoms with E-state index in [-0.39, 0.29) is 24.0 Å². The van der Waals surface area contributed by atoms with Crippen LogP contribution < -0.4 is 10.6 Å². The summed E-state index contributed by atoms with van der Waals surface area (Å²) in [5, 5.41) is 8.28. The maximum Gasteiger partial charge on any atom is 0.191 e. The van der Waals surface area contributed by atoms with E-state index in [9.17, 15) is 0 Å². The molecule has 0 spiro atoms. The van der Waals surface area contributed by atoms with Crippen molar-refractivity contribution in [1.82, 2.24) is 10.6 Å². The molecule has 1 aromatic rings. The Balaban J connectivity index is 0.00000220. The Morgan fingerprint density at radius 1 is 1.43 bits per heavy atom. The molecular weight excluding hydrogens is 417 g/mol. The highest BCUT2D eigenvalue weighted by molar-refractivity contribution is 14.0. The third-order valence-electron chi connectivity index (χ3n) is 3.34. The number of hydrogen-bond donors (Lipinski definition) is 2. The van der Waals surface area contributed by atoms with Gasteiger partial charge in [0.05, 0.1) is 0 Å². The lowest BCUT2D eigenvalue weighted by atomic mass is 10.1. The van der Waals surface area contributed by atoms with E-state index in [0.717, 1.165) is 35.7 Å². The second-order valence-electron chi connectivity index (χ2n) is 4.89. The fraction of sp³-hybridized carbons (Fsp3) is 0.533. The van der Waals surface area contributed by atoms with Gasteiger partial charge in [-0.3, -0.25) is 4.99 Å². The molecule has 21 heavy (non-hydrogen) atoms. The van der Waals surface area contributed by atoms with Crippen LogP contribution in [0.2, 0.25) is 5.02 Å². The molecule has 1 atom stereocenters. The average Bonchev–Trinajstić information content (AvgIpc) is 2.96. The van der Waals surface area contributed by atoms with Crippen LogP contribution in [-0.4, -0.2) is 37.1 Å². The summed E-state index contributed by atoms with van der Waals surface area (Å²) >= 11 is 8.03. The van der Waals surface area contributed by atoms with Gasteiger partial charge < -0.3 is 10.6 Å². The molecule has 0 aromatic heterocycles. The second-order valence-corrected chi connectivity index (χ2v) is 6.74. The molecule has 0 radical (unpaired) electrons. The van der Waals surface area contributed by atoms with Gasteiger partial charge in [0.15, 0.2) is 5.96 Å². The molecule has 2 rings (SSSR count). The number of nitrogens with one attached hydrogen (secondary N) is 2. The first-order valence-corrected chi connectivity index (χ1v) is 8.51. The van der Waals surface area contributed by atoms with Gasteiger partial charge in [0, 0.05) is 30.4 Å².